The Morgan fingerprint density at radius 2 is 1.61 bits per heavy atom. The molecule has 1 saturated carbocycles. The fraction of sp³-hybridized carbons (Fsp3) is 0.455. The minimum absolute atomic E-state index is 0.239. The highest BCUT2D eigenvalue weighted by atomic mass is 32.2. The first-order chi connectivity index (χ1) is 13.4. The van der Waals surface area contributed by atoms with Crippen LogP contribution in [0.1, 0.15) is 39.0 Å². The largest absolute Gasteiger partial charge is 0.408 e. The van der Waals surface area contributed by atoms with E-state index in [4.69, 9.17) is 8.61 Å². The summed E-state index contributed by atoms with van der Waals surface area (Å²) in [6.07, 6.45) is 6.04. The molecule has 1 aliphatic carbocycles. The van der Waals surface area contributed by atoms with Gasteiger partial charge in [-0.2, -0.15) is 8.42 Å². The first kappa shape index (κ1) is 21.2. The highest BCUT2D eigenvalue weighted by Gasteiger charge is 2.50. The number of benzene rings is 2. The molecule has 0 amide bonds. The van der Waals surface area contributed by atoms with E-state index < -0.39 is 24.8 Å². The summed E-state index contributed by atoms with van der Waals surface area (Å²) in [6.45, 7) is 2.48. The van der Waals surface area contributed by atoms with Gasteiger partial charge in [-0.05, 0) is 35.6 Å². The Labute approximate surface area is 170 Å². The summed E-state index contributed by atoms with van der Waals surface area (Å²) in [7, 11) is -5.47. The van der Waals surface area contributed by atoms with Gasteiger partial charge in [-0.3, -0.25) is 4.18 Å². The average molecular weight is 419 g/mol. The van der Waals surface area contributed by atoms with E-state index in [2.05, 4.69) is 31.2 Å². The van der Waals surface area contributed by atoms with E-state index in [0.717, 1.165) is 38.4 Å². The lowest BCUT2D eigenvalue weighted by molar-refractivity contribution is -0.0974. The van der Waals surface area contributed by atoms with Gasteiger partial charge < -0.3 is 4.43 Å². The van der Waals surface area contributed by atoms with Crippen molar-refractivity contribution in [2.75, 3.05) is 12.9 Å². The van der Waals surface area contributed by atoms with E-state index in [9.17, 15) is 8.42 Å². The van der Waals surface area contributed by atoms with E-state index in [1.54, 1.807) is 0 Å². The van der Waals surface area contributed by atoms with Gasteiger partial charge in [0.1, 0.15) is 5.60 Å². The molecule has 0 saturated heterocycles. The van der Waals surface area contributed by atoms with Crippen LogP contribution < -0.4 is 10.4 Å². The summed E-state index contributed by atoms with van der Waals surface area (Å²) in [5.74, 6) is 0.239. The minimum atomic E-state index is -3.54. The van der Waals surface area contributed by atoms with Crippen molar-refractivity contribution in [2.45, 2.75) is 44.6 Å². The third-order valence-corrected chi connectivity index (χ3v) is 8.70. The molecule has 0 heterocycles. The zero-order chi connectivity index (χ0) is 20.0. The van der Waals surface area contributed by atoms with Crippen molar-refractivity contribution in [2.24, 2.45) is 5.92 Å². The van der Waals surface area contributed by atoms with Crippen LogP contribution in [0, 0.1) is 5.92 Å². The molecule has 0 N–H and O–H groups in total. The van der Waals surface area contributed by atoms with Gasteiger partial charge in [0, 0.05) is 0 Å². The summed E-state index contributed by atoms with van der Waals surface area (Å²) in [5, 5.41) is 2.38. The summed E-state index contributed by atoms with van der Waals surface area (Å²) < 4.78 is 36.1. The summed E-state index contributed by atoms with van der Waals surface area (Å²) in [5.41, 5.74) is -0.711. The Balaban J connectivity index is 1.83. The van der Waals surface area contributed by atoms with Crippen LogP contribution in [0.5, 0.6) is 0 Å². The Hall–Kier alpha value is -1.47. The highest BCUT2D eigenvalue weighted by Crippen LogP contribution is 2.46. The van der Waals surface area contributed by atoms with Crippen molar-refractivity contribution in [1.82, 2.24) is 0 Å². The first-order valence-electron chi connectivity index (χ1n) is 10.1. The Morgan fingerprint density at radius 1 is 1.04 bits per heavy atom. The maximum atomic E-state index is 12.0. The standard InChI is InChI=1S/C22H30O4SSi/c1-3-4-11-19-16-17-22(19,26-27(2,23)24)18-25-28(20-12-7-5-8-13-20)21-14-9-6-10-15-21/h5-10,12-15,19,28H,3-4,11,16-18H2,1-2H3. The molecule has 0 bridgehead atoms. The van der Waals surface area contributed by atoms with Crippen LogP contribution in [0.4, 0.5) is 0 Å². The SMILES string of the molecule is CCCCC1CCC1(CO[SiH](c1ccccc1)c1ccccc1)OS(C)(=O)=O. The van der Waals surface area contributed by atoms with Crippen molar-refractivity contribution < 1.29 is 17.0 Å². The number of unbranched alkanes of at least 4 members (excludes halogenated alkanes) is 1. The van der Waals surface area contributed by atoms with E-state index in [-0.39, 0.29) is 5.92 Å². The predicted molar refractivity (Wildman–Crippen MR) is 116 cm³/mol. The molecule has 28 heavy (non-hydrogen) atoms. The first-order valence-corrected chi connectivity index (χ1v) is 13.5. The zero-order valence-electron chi connectivity index (χ0n) is 16.7. The Bertz CT molecular complexity index is 802. The average Bonchev–Trinajstić information content (AvgIpc) is 2.67. The maximum absolute atomic E-state index is 12.0. The fourth-order valence-corrected chi connectivity index (χ4v) is 7.25. The molecule has 4 nitrogen and oxygen atoms in total. The van der Waals surface area contributed by atoms with Gasteiger partial charge in [-0.25, -0.2) is 0 Å². The molecule has 0 aliphatic heterocycles. The minimum Gasteiger partial charge on any atom is -0.408 e. The fourth-order valence-electron chi connectivity index (χ4n) is 4.02. The second kappa shape index (κ2) is 9.35. The van der Waals surface area contributed by atoms with Gasteiger partial charge in [0.05, 0.1) is 12.9 Å². The lowest BCUT2D eigenvalue weighted by Gasteiger charge is -2.48. The quantitative estimate of drug-likeness (QED) is 0.440. The highest BCUT2D eigenvalue weighted by molar-refractivity contribution is 7.86. The van der Waals surface area contributed by atoms with E-state index in [1.807, 2.05) is 36.4 Å². The lowest BCUT2D eigenvalue weighted by atomic mass is 9.68. The monoisotopic (exact) mass is 418 g/mol. The molecule has 3 rings (SSSR count). The van der Waals surface area contributed by atoms with Crippen LogP contribution in [0.3, 0.4) is 0 Å². The van der Waals surface area contributed by atoms with Crippen molar-refractivity contribution in [1.29, 1.82) is 0 Å². The Kier molecular flexibility index (Phi) is 7.09. The number of hydrogen-bond acceptors (Lipinski definition) is 4. The molecule has 0 aromatic heterocycles. The molecule has 1 fully saturated rings. The van der Waals surface area contributed by atoms with E-state index >= 15 is 0 Å². The van der Waals surface area contributed by atoms with Gasteiger partial charge in [0.15, 0.2) is 0 Å². The van der Waals surface area contributed by atoms with Crippen molar-refractivity contribution >= 4 is 29.5 Å². The third-order valence-electron chi connectivity index (χ3n) is 5.58. The molecular weight excluding hydrogens is 388 g/mol. The van der Waals surface area contributed by atoms with Crippen LogP contribution in [0.2, 0.25) is 0 Å². The third kappa shape index (κ3) is 5.32. The number of rotatable bonds is 10. The van der Waals surface area contributed by atoms with Gasteiger partial charge in [0.2, 0.25) is 9.04 Å². The molecule has 6 heteroatoms. The molecule has 0 radical (unpaired) electrons. The normalized spacial score (nSPS) is 22.2. The second-order valence-electron chi connectivity index (χ2n) is 7.74. The Morgan fingerprint density at radius 3 is 2.04 bits per heavy atom. The second-order valence-corrected chi connectivity index (χ2v) is 11.7. The summed E-state index contributed by atoms with van der Waals surface area (Å²) in [6, 6.07) is 20.5. The number of hydrogen-bond donors (Lipinski definition) is 0. The van der Waals surface area contributed by atoms with E-state index in [1.165, 1.54) is 10.4 Å². The molecular formula is C22H30O4SSi. The molecule has 1 aliphatic rings. The lowest BCUT2D eigenvalue weighted by Crippen LogP contribution is -2.57. The summed E-state index contributed by atoms with van der Waals surface area (Å²) in [4.78, 5) is 0. The molecule has 2 atom stereocenters. The van der Waals surface area contributed by atoms with E-state index in [0.29, 0.717) is 6.61 Å². The predicted octanol–water partition coefficient (Wildman–Crippen LogP) is 2.86. The topological polar surface area (TPSA) is 52.6 Å². The van der Waals surface area contributed by atoms with Crippen LogP contribution in [0.15, 0.2) is 60.7 Å². The molecule has 2 aromatic carbocycles. The summed E-state index contributed by atoms with van der Waals surface area (Å²) >= 11 is 0. The van der Waals surface area contributed by atoms with Crippen LogP contribution in [-0.2, 0) is 18.7 Å². The molecule has 2 unspecified atom stereocenters. The van der Waals surface area contributed by atoms with Crippen molar-refractivity contribution in [3.05, 3.63) is 60.7 Å². The molecule has 0 spiro atoms. The van der Waals surface area contributed by atoms with Crippen LogP contribution in [-0.4, -0.2) is 35.9 Å². The van der Waals surface area contributed by atoms with Gasteiger partial charge in [-0.1, -0.05) is 80.4 Å². The van der Waals surface area contributed by atoms with Gasteiger partial charge >= 0.3 is 0 Å². The van der Waals surface area contributed by atoms with Gasteiger partial charge in [-0.15, -0.1) is 0 Å². The molecule has 152 valence electrons. The zero-order valence-corrected chi connectivity index (χ0v) is 18.7. The van der Waals surface area contributed by atoms with Crippen molar-refractivity contribution in [3.8, 4) is 0 Å². The van der Waals surface area contributed by atoms with Crippen LogP contribution >= 0.6 is 0 Å². The maximum Gasteiger partial charge on any atom is 0.265 e. The smallest absolute Gasteiger partial charge is 0.265 e. The van der Waals surface area contributed by atoms with Gasteiger partial charge in [0.25, 0.3) is 10.1 Å². The van der Waals surface area contributed by atoms with Crippen LogP contribution in [0.25, 0.3) is 0 Å². The van der Waals surface area contributed by atoms with Crippen molar-refractivity contribution in [3.63, 3.8) is 0 Å². The molecule has 2 aromatic rings.